The lowest BCUT2D eigenvalue weighted by molar-refractivity contribution is 0.713. The van der Waals surface area contributed by atoms with Crippen LogP contribution in [0.1, 0.15) is 11.3 Å². The Kier molecular flexibility index (Phi) is 2.87. The molecule has 3 rings (SSSR count). The van der Waals surface area contributed by atoms with Crippen molar-refractivity contribution in [1.82, 2.24) is 20.0 Å². The van der Waals surface area contributed by atoms with E-state index in [1.54, 1.807) is 4.68 Å². The number of hydrogen-bond acceptors (Lipinski definition) is 4. The Balaban J connectivity index is 1.91. The number of pyridine rings is 1. The molecule has 0 saturated carbocycles. The molecule has 5 heteroatoms. The monoisotopic (exact) mass is 253 g/mol. The zero-order valence-corrected chi connectivity index (χ0v) is 11.0. The molecule has 1 N–H and O–H groups in total. The van der Waals surface area contributed by atoms with E-state index in [9.17, 15) is 0 Å². The summed E-state index contributed by atoms with van der Waals surface area (Å²) in [6.45, 7) is 2.72. The highest BCUT2D eigenvalue weighted by atomic mass is 15.4. The summed E-state index contributed by atoms with van der Waals surface area (Å²) in [6.07, 6.45) is 3.73. The minimum absolute atomic E-state index is 0.654. The van der Waals surface area contributed by atoms with Gasteiger partial charge in [0.05, 0.1) is 12.1 Å². The molecule has 5 nitrogen and oxygen atoms in total. The second-order valence-electron chi connectivity index (χ2n) is 4.57. The maximum atomic E-state index is 4.43. The van der Waals surface area contributed by atoms with E-state index in [-0.39, 0.29) is 0 Å². The third-order valence-corrected chi connectivity index (χ3v) is 3.08. The van der Waals surface area contributed by atoms with Gasteiger partial charge in [-0.1, -0.05) is 11.3 Å². The predicted octanol–water partition coefficient (Wildman–Crippen LogP) is 2.28. The fraction of sp³-hybridized carbons (Fsp3) is 0.214. The third kappa shape index (κ3) is 2.27. The molecule has 0 bridgehead atoms. The van der Waals surface area contributed by atoms with Gasteiger partial charge in [0.25, 0.3) is 0 Å². The molecule has 0 aliphatic heterocycles. The van der Waals surface area contributed by atoms with Crippen LogP contribution in [0, 0.1) is 6.92 Å². The second kappa shape index (κ2) is 4.68. The van der Waals surface area contributed by atoms with Crippen molar-refractivity contribution in [2.24, 2.45) is 7.05 Å². The molecule has 0 amide bonds. The molecule has 0 saturated heterocycles. The number of rotatable bonds is 3. The van der Waals surface area contributed by atoms with Crippen molar-refractivity contribution in [3.63, 3.8) is 0 Å². The van der Waals surface area contributed by atoms with E-state index in [4.69, 9.17) is 0 Å². The summed E-state index contributed by atoms with van der Waals surface area (Å²) in [6, 6.07) is 8.19. The number of aromatic nitrogens is 4. The van der Waals surface area contributed by atoms with Crippen LogP contribution in [-0.4, -0.2) is 20.0 Å². The van der Waals surface area contributed by atoms with Crippen molar-refractivity contribution < 1.29 is 0 Å². The van der Waals surface area contributed by atoms with Gasteiger partial charge in [-0.3, -0.25) is 9.67 Å². The maximum absolute atomic E-state index is 4.43. The van der Waals surface area contributed by atoms with Gasteiger partial charge >= 0.3 is 0 Å². The van der Waals surface area contributed by atoms with Gasteiger partial charge in [-0.05, 0) is 30.7 Å². The largest absolute Gasteiger partial charge is 0.379 e. The van der Waals surface area contributed by atoms with Crippen LogP contribution >= 0.6 is 0 Å². The average molecular weight is 253 g/mol. The van der Waals surface area contributed by atoms with Crippen LogP contribution in [0.2, 0.25) is 0 Å². The fourth-order valence-electron chi connectivity index (χ4n) is 2.13. The topological polar surface area (TPSA) is 55.6 Å². The molecular formula is C14H15N5. The molecule has 0 fully saturated rings. The minimum Gasteiger partial charge on any atom is -0.379 e. The number of hydrogen-bond donors (Lipinski definition) is 1. The second-order valence-corrected chi connectivity index (χ2v) is 4.57. The quantitative estimate of drug-likeness (QED) is 0.778. The lowest BCUT2D eigenvalue weighted by Crippen LogP contribution is -2.01. The molecule has 3 aromatic rings. The summed E-state index contributed by atoms with van der Waals surface area (Å²) in [4.78, 5) is 4.43. The zero-order chi connectivity index (χ0) is 13.2. The summed E-state index contributed by atoms with van der Waals surface area (Å²) < 4.78 is 1.70. The van der Waals surface area contributed by atoms with Gasteiger partial charge in [-0.15, -0.1) is 5.10 Å². The van der Waals surface area contributed by atoms with Gasteiger partial charge in [-0.2, -0.15) is 0 Å². The molecule has 2 aromatic heterocycles. The molecule has 19 heavy (non-hydrogen) atoms. The van der Waals surface area contributed by atoms with E-state index < -0.39 is 0 Å². The van der Waals surface area contributed by atoms with Crippen LogP contribution in [0.25, 0.3) is 10.9 Å². The summed E-state index contributed by atoms with van der Waals surface area (Å²) >= 11 is 0. The first-order chi connectivity index (χ1) is 9.24. The normalized spacial score (nSPS) is 10.8. The van der Waals surface area contributed by atoms with Gasteiger partial charge in [0.1, 0.15) is 5.69 Å². The van der Waals surface area contributed by atoms with Gasteiger partial charge in [0.15, 0.2) is 0 Å². The first kappa shape index (κ1) is 11.6. The van der Waals surface area contributed by atoms with Gasteiger partial charge in [-0.25, -0.2) is 0 Å². The maximum Gasteiger partial charge on any atom is 0.102 e. The minimum atomic E-state index is 0.654. The number of nitrogens with one attached hydrogen (secondary N) is 1. The standard InChI is InChI=1S/C14H15N5/c1-10-5-6-13(12-4-3-7-15-14(10)12)16-8-11-9-19(2)18-17-11/h3-7,9,16H,8H2,1-2H3. The smallest absolute Gasteiger partial charge is 0.102 e. The Hall–Kier alpha value is -2.43. The molecule has 0 unspecified atom stereocenters. The van der Waals surface area contributed by atoms with E-state index in [1.807, 2.05) is 25.5 Å². The Morgan fingerprint density at radius 1 is 1.26 bits per heavy atom. The van der Waals surface area contributed by atoms with E-state index >= 15 is 0 Å². The van der Waals surface area contributed by atoms with E-state index in [1.165, 1.54) is 5.56 Å². The van der Waals surface area contributed by atoms with Crippen LogP contribution in [-0.2, 0) is 13.6 Å². The zero-order valence-electron chi connectivity index (χ0n) is 11.0. The van der Waals surface area contributed by atoms with E-state index in [0.717, 1.165) is 22.3 Å². The average Bonchev–Trinajstić information content (AvgIpc) is 2.84. The summed E-state index contributed by atoms with van der Waals surface area (Å²) in [5.41, 5.74) is 4.20. The van der Waals surface area contributed by atoms with E-state index in [0.29, 0.717) is 6.54 Å². The van der Waals surface area contributed by atoms with Crippen molar-refractivity contribution in [1.29, 1.82) is 0 Å². The SMILES string of the molecule is Cc1ccc(NCc2cn(C)nn2)c2cccnc12. The highest BCUT2D eigenvalue weighted by molar-refractivity contribution is 5.93. The Bertz CT molecular complexity index is 717. The first-order valence-electron chi connectivity index (χ1n) is 6.17. The first-order valence-corrected chi connectivity index (χ1v) is 6.17. The Morgan fingerprint density at radius 3 is 2.95 bits per heavy atom. The van der Waals surface area contributed by atoms with Crippen LogP contribution in [0.15, 0.2) is 36.7 Å². The molecule has 0 spiro atoms. The van der Waals surface area contributed by atoms with Gasteiger partial charge < -0.3 is 5.32 Å². The Labute approximate surface area is 111 Å². The van der Waals surface area contributed by atoms with Crippen LogP contribution in [0.3, 0.4) is 0 Å². The summed E-state index contributed by atoms with van der Waals surface area (Å²) in [5.74, 6) is 0. The van der Waals surface area contributed by atoms with Crippen LogP contribution in [0.5, 0.6) is 0 Å². The molecular weight excluding hydrogens is 238 g/mol. The molecule has 0 aliphatic carbocycles. The van der Waals surface area contributed by atoms with Crippen molar-refractivity contribution >= 4 is 16.6 Å². The van der Waals surface area contributed by atoms with E-state index in [2.05, 4.69) is 45.7 Å². The molecule has 0 radical (unpaired) electrons. The van der Waals surface area contributed by atoms with Gasteiger partial charge in [0.2, 0.25) is 0 Å². The van der Waals surface area contributed by atoms with Crippen molar-refractivity contribution in [2.75, 3.05) is 5.32 Å². The molecule has 0 aliphatic rings. The van der Waals surface area contributed by atoms with Crippen LogP contribution < -0.4 is 5.32 Å². The third-order valence-electron chi connectivity index (χ3n) is 3.08. The number of fused-ring (bicyclic) bond motifs is 1. The number of aryl methyl sites for hydroxylation is 2. The van der Waals surface area contributed by atoms with Crippen molar-refractivity contribution in [2.45, 2.75) is 13.5 Å². The highest BCUT2D eigenvalue weighted by Gasteiger charge is 2.05. The molecule has 0 atom stereocenters. The fourth-order valence-corrected chi connectivity index (χ4v) is 2.13. The molecule has 2 heterocycles. The number of benzene rings is 1. The predicted molar refractivity (Wildman–Crippen MR) is 74.8 cm³/mol. The lowest BCUT2D eigenvalue weighted by atomic mass is 10.1. The number of nitrogens with zero attached hydrogens (tertiary/aromatic N) is 4. The van der Waals surface area contributed by atoms with Crippen LogP contribution in [0.4, 0.5) is 5.69 Å². The summed E-state index contributed by atoms with van der Waals surface area (Å²) in [5, 5.41) is 12.5. The molecule has 96 valence electrons. The lowest BCUT2D eigenvalue weighted by Gasteiger charge is -2.09. The Morgan fingerprint density at radius 2 is 2.16 bits per heavy atom. The molecule has 1 aromatic carbocycles. The summed E-state index contributed by atoms with van der Waals surface area (Å²) in [7, 11) is 1.86. The highest BCUT2D eigenvalue weighted by Crippen LogP contribution is 2.24. The van der Waals surface area contributed by atoms with Gasteiger partial charge in [0, 0.05) is 30.5 Å². The number of anilines is 1. The van der Waals surface area contributed by atoms with Crippen molar-refractivity contribution in [3.8, 4) is 0 Å². The van der Waals surface area contributed by atoms with Crippen molar-refractivity contribution in [3.05, 3.63) is 47.9 Å².